The minimum atomic E-state index is -0.615. The Labute approximate surface area is 141 Å². The van der Waals surface area contributed by atoms with Gasteiger partial charge in [-0.2, -0.15) is 0 Å². The highest BCUT2D eigenvalue weighted by Gasteiger charge is 2.21. The number of rotatable bonds is 7. The van der Waals surface area contributed by atoms with Crippen LogP contribution >= 0.6 is 0 Å². The topological polar surface area (TPSA) is 113 Å². The Balaban J connectivity index is 2.19. The van der Waals surface area contributed by atoms with E-state index in [4.69, 9.17) is 5.73 Å². The van der Waals surface area contributed by atoms with Crippen molar-refractivity contribution >= 4 is 6.21 Å². The lowest BCUT2D eigenvalue weighted by molar-refractivity contribution is 0.385. The zero-order valence-electron chi connectivity index (χ0n) is 14.3. The van der Waals surface area contributed by atoms with Gasteiger partial charge in [-0.25, -0.2) is 4.79 Å². The van der Waals surface area contributed by atoms with Gasteiger partial charge < -0.3 is 10.8 Å². The molecule has 1 aliphatic carbocycles. The fraction of sp³-hybridized carbons (Fsp3) is 0.706. The van der Waals surface area contributed by atoms with Gasteiger partial charge in [-0.15, -0.1) is 0 Å². The molecule has 1 saturated carbocycles. The van der Waals surface area contributed by atoms with E-state index in [0.29, 0.717) is 6.54 Å². The van der Waals surface area contributed by atoms with E-state index in [9.17, 15) is 14.7 Å². The van der Waals surface area contributed by atoms with Gasteiger partial charge in [0.15, 0.2) is 0 Å². The molecule has 1 aliphatic rings. The molecule has 0 bridgehead atoms. The average Bonchev–Trinajstić information content (AvgIpc) is 2.55. The van der Waals surface area contributed by atoms with Crippen LogP contribution < -0.4 is 17.0 Å². The predicted molar refractivity (Wildman–Crippen MR) is 95.0 cm³/mol. The Morgan fingerprint density at radius 3 is 2.75 bits per heavy atom. The largest absolute Gasteiger partial charge is 0.494 e. The zero-order chi connectivity index (χ0) is 17.5. The number of nitrogens with zero attached hydrogens (tertiary/aromatic N) is 2. The fourth-order valence-corrected chi connectivity index (χ4v) is 3.09. The first-order valence-electron chi connectivity index (χ1n) is 8.89. The van der Waals surface area contributed by atoms with Crippen molar-refractivity contribution < 1.29 is 5.11 Å². The molecule has 2 rings (SSSR count). The Kier molecular flexibility index (Phi) is 6.78. The van der Waals surface area contributed by atoms with E-state index in [1.807, 2.05) is 0 Å². The van der Waals surface area contributed by atoms with Crippen molar-refractivity contribution in [2.45, 2.75) is 76.9 Å². The summed E-state index contributed by atoms with van der Waals surface area (Å²) in [5.74, 6) is -0.312. The summed E-state index contributed by atoms with van der Waals surface area (Å²) in [5.41, 5.74) is 4.88. The first-order chi connectivity index (χ1) is 11.5. The molecule has 7 nitrogen and oxygen atoms in total. The summed E-state index contributed by atoms with van der Waals surface area (Å²) in [5, 5.41) is 10.3. The number of H-pyrrole nitrogens is 1. The molecule has 2 atom stereocenters. The van der Waals surface area contributed by atoms with Gasteiger partial charge in [-0.05, 0) is 19.3 Å². The van der Waals surface area contributed by atoms with E-state index in [2.05, 4.69) is 16.9 Å². The third-order valence-electron chi connectivity index (χ3n) is 4.62. The predicted octanol–water partition coefficient (Wildman–Crippen LogP) is 1.51. The molecule has 24 heavy (non-hydrogen) atoms. The molecule has 0 aliphatic heterocycles. The number of nitrogens with two attached hydrogens (primary N) is 1. The minimum absolute atomic E-state index is 0.0174. The van der Waals surface area contributed by atoms with Crippen LogP contribution in [0.4, 0.5) is 0 Å². The number of aromatic nitrogens is 2. The van der Waals surface area contributed by atoms with E-state index in [-0.39, 0.29) is 23.5 Å². The van der Waals surface area contributed by atoms with Crippen LogP contribution in [-0.4, -0.2) is 33.0 Å². The first kappa shape index (κ1) is 18.4. The number of unbranched alkanes of at least 4 members (excludes halogenated alkanes) is 3. The molecule has 0 spiro atoms. The number of nitrogens with one attached hydrogen (secondary N) is 1. The molecule has 0 aromatic carbocycles. The Morgan fingerprint density at radius 2 is 2.04 bits per heavy atom. The summed E-state index contributed by atoms with van der Waals surface area (Å²) < 4.78 is 1.21. The maximum atomic E-state index is 12.0. The van der Waals surface area contributed by atoms with Gasteiger partial charge in [0.2, 0.25) is 5.88 Å². The van der Waals surface area contributed by atoms with Gasteiger partial charge in [0.25, 0.3) is 5.56 Å². The Bertz CT molecular complexity index is 677. The first-order valence-corrected chi connectivity index (χ1v) is 8.89. The summed E-state index contributed by atoms with van der Waals surface area (Å²) >= 11 is 0. The monoisotopic (exact) mass is 336 g/mol. The lowest BCUT2D eigenvalue weighted by Crippen LogP contribution is -2.36. The van der Waals surface area contributed by atoms with E-state index in [1.54, 1.807) is 0 Å². The summed E-state index contributed by atoms with van der Waals surface area (Å²) in [4.78, 5) is 30.6. The van der Waals surface area contributed by atoms with Crippen LogP contribution in [0.1, 0.15) is 63.9 Å². The van der Waals surface area contributed by atoms with Crippen LogP contribution in [-0.2, 0) is 6.54 Å². The van der Waals surface area contributed by atoms with Crippen molar-refractivity contribution in [1.82, 2.24) is 9.55 Å². The highest BCUT2D eigenvalue weighted by Crippen LogP contribution is 2.20. The van der Waals surface area contributed by atoms with Crippen molar-refractivity contribution in [3.8, 4) is 5.88 Å². The molecule has 1 fully saturated rings. The fourth-order valence-electron chi connectivity index (χ4n) is 3.09. The van der Waals surface area contributed by atoms with Gasteiger partial charge in [-0.3, -0.25) is 19.3 Å². The summed E-state index contributed by atoms with van der Waals surface area (Å²) in [7, 11) is 0. The normalized spacial score (nSPS) is 21.4. The number of aromatic amines is 1. The molecule has 4 N–H and O–H groups in total. The number of aromatic hydroxyl groups is 1. The molecule has 1 aromatic rings. The van der Waals surface area contributed by atoms with Gasteiger partial charge in [0.05, 0.1) is 6.04 Å². The highest BCUT2D eigenvalue weighted by molar-refractivity contribution is 5.82. The van der Waals surface area contributed by atoms with Crippen molar-refractivity contribution in [2.75, 3.05) is 0 Å². The summed E-state index contributed by atoms with van der Waals surface area (Å²) in [6.07, 6.45) is 9.25. The molecule has 0 amide bonds. The quantitative estimate of drug-likeness (QED) is 0.517. The van der Waals surface area contributed by atoms with Crippen LogP contribution in [0, 0.1) is 0 Å². The van der Waals surface area contributed by atoms with Crippen molar-refractivity contribution in [1.29, 1.82) is 0 Å². The van der Waals surface area contributed by atoms with Gasteiger partial charge in [0.1, 0.15) is 5.56 Å². The highest BCUT2D eigenvalue weighted by atomic mass is 16.3. The molecule has 0 unspecified atom stereocenters. The maximum Gasteiger partial charge on any atom is 0.331 e. The number of hydrogen-bond donors (Lipinski definition) is 3. The molecule has 1 heterocycles. The third-order valence-corrected chi connectivity index (χ3v) is 4.62. The van der Waals surface area contributed by atoms with E-state index < -0.39 is 11.2 Å². The maximum absolute atomic E-state index is 12.0. The molecule has 0 saturated heterocycles. The second kappa shape index (κ2) is 8.82. The summed E-state index contributed by atoms with van der Waals surface area (Å²) in [6, 6.07) is -0.0568. The lowest BCUT2D eigenvalue weighted by atomic mass is 9.91. The van der Waals surface area contributed by atoms with Crippen molar-refractivity contribution in [2.24, 2.45) is 10.7 Å². The third kappa shape index (κ3) is 4.56. The van der Waals surface area contributed by atoms with E-state index in [0.717, 1.165) is 51.4 Å². The molecular formula is C17H28N4O3. The SMILES string of the molecule is CCCCCCn1c(O)c(C=N[C@H]2CCCC[C@H]2N)c(=O)[nH]c1=O. The zero-order valence-corrected chi connectivity index (χ0v) is 14.3. The van der Waals surface area contributed by atoms with Gasteiger partial charge in [0, 0.05) is 18.8 Å². The van der Waals surface area contributed by atoms with E-state index >= 15 is 0 Å². The van der Waals surface area contributed by atoms with Crippen LogP contribution in [0.25, 0.3) is 0 Å². The molecule has 134 valence electrons. The molecule has 0 radical (unpaired) electrons. The standard InChI is InChI=1S/C17H28N4O3/c1-2-3-4-7-10-21-16(23)12(15(22)20-17(21)24)11-19-14-9-6-5-8-13(14)18/h11,13-14,23H,2-10,18H2,1H3,(H,20,22,24)/t13-,14+/m1/s1. The van der Waals surface area contributed by atoms with Crippen LogP contribution in [0.5, 0.6) is 5.88 Å². The van der Waals surface area contributed by atoms with Crippen molar-refractivity contribution in [3.63, 3.8) is 0 Å². The number of hydrogen-bond acceptors (Lipinski definition) is 5. The average molecular weight is 336 g/mol. The second-order valence-corrected chi connectivity index (χ2v) is 6.50. The molecular weight excluding hydrogens is 308 g/mol. The van der Waals surface area contributed by atoms with Crippen LogP contribution in [0.2, 0.25) is 0 Å². The summed E-state index contributed by atoms with van der Waals surface area (Å²) in [6.45, 7) is 2.49. The Morgan fingerprint density at radius 1 is 1.29 bits per heavy atom. The Hall–Kier alpha value is -1.89. The second-order valence-electron chi connectivity index (χ2n) is 6.50. The lowest BCUT2D eigenvalue weighted by Gasteiger charge is -2.24. The van der Waals surface area contributed by atoms with Crippen molar-refractivity contribution in [3.05, 3.63) is 26.4 Å². The smallest absolute Gasteiger partial charge is 0.331 e. The van der Waals surface area contributed by atoms with E-state index in [1.165, 1.54) is 10.8 Å². The number of aliphatic imine (C=N–C) groups is 1. The van der Waals surface area contributed by atoms with Gasteiger partial charge in [-0.1, -0.05) is 39.0 Å². The van der Waals surface area contributed by atoms with Crippen LogP contribution in [0.15, 0.2) is 14.6 Å². The molecule has 7 heteroatoms. The molecule has 1 aromatic heterocycles. The minimum Gasteiger partial charge on any atom is -0.494 e. The van der Waals surface area contributed by atoms with Crippen LogP contribution in [0.3, 0.4) is 0 Å². The van der Waals surface area contributed by atoms with Gasteiger partial charge >= 0.3 is 5.69 Å².